The van der Waals surface area contributed by atoms with Crippen molar-refractivity contribution in [2.75, 3.05) is 0 Å². The number of hydrogen-bond acceptors (Lipinski definition) is 8. The molecule has 0 saturated carbocycles. The van der Waals surface area contributed by atoms with Crippen molar-refractivity contribution in [3.63, 3.8) is 0 Å². The summed E-state index contributed by atoms with van der Waals surface area (Å²) in [6.07, 6.45) is -3.92. The molecule has 0 spiro atoms. The number of hydrogen-bond donors (Lipinski definition) is 7. The molecule has 0 aromatic heterocycles. The van der Waals surface area contributed by atoms with Crippen LogP contribution in [0.5, 0.6) is 0 Å². The van der Waals surface area contributed by atoms with E-state index in [1.807, 2.05) is 0 Å². The van der Waals surface area contributed by atoms with E-state index in [0.29, 0.717) is 0 Å². The second-order valence-electron chi connectivity index (χ2n) is 3.00. The molecule has 0 aliphatic heterocycles. The smallest absolute Gasteiger partial charge is 0.332 e. The molecule has 0 aromatic rings. The van der Waals surface area contributed by atoms with Crippen molar-refractivity contribution in [3.05, 3.63) is 0 Å². The molecule has 23 heavy (non-hydrogen) atoms. The first-order valence-corrected chi connectivity index (χ1v) is 4.62. The molecule has 14 heteroatoms. The summed E-state index contributed by atoms with van der Waals surface area (Å²) in [5, 5.41) is 50.4. The second kappa shape index (κ2) is 29.1. The fraction of sp³-hybridized carbons (Fsp3) is 0.667. The van der Waals surface area contributed by atoms with Gasteiger partial charge in [0, 0.05) is 26.2 Å². The van der Waals surface area contributed by atoms with Gasteiger partial charge in [-0.15, -0.1) is 0 Å². The van der Waals surface area contributed by atoms with Gasteiger partial charge in [0.2, 0.25) is 0 Å². The minimum absolute atomic E-state index is 0. The molecule has 0 fully saturated rings. The van der Waals surface area contributed by atoms with Crippen LogP contribution in [-0.4, -0.2) is 62.1 Å². The maximum Gasteiger partial charge on any atom is 0.332 e. The summed E-state index contributed by atoms with van der Waals surface area (Å²) >= 11 is 0. The maximum atomic E-state index is 9.45. The SMILES string of the molecule is CC(O)C(=O)O.CC(O)C(=O)[O-].CC(O)C(=O)[O-].O.[NH4+].[NH4+].[NH4+].[Zr]. The molecule has 0 aliphatic rings. The molecule has 3 unspecified atom stereocenters. The van der Waals surface area contributed by atoms with Gasteiger partial charge in [0.1, 0.15) is 6.10 Å². The van der Waals surface area contributed by atoms with E-state index < -0.39 is 36.2 Å². The number of carboxylic acid groups (broad SMARTS) is 3. The van der Waals surface area contributed by atoms with Crippen LogP contribution in [0.2, 0.25) is 0 Å². The van der Waals surface area contributed by atoms with Crippen LogP contribution >= 0.6 is 0 Å². The monoisotopic (exact) mass is 430 g/mol. The van der Waals surface area contributed by atoms with Crippen molar-refractivity contribution in [2.45, 2.75) is 39.1 Å². The molecule has 144 valence electrons. The number of carboxylic acids is 3. The summed E-state index contributed by atoms with van der Waals surface area (Å²) in [7, 11) is 0. The van der Waals surface area contributed by atoms with Crippen molar-refractivity contribution < 1.29 is 76.7 Å². The van der Waals surface area contributed by atoms with E-state index in [4.69, 9.17) is 20.4 Å². The van der Waals surface area contributed by atoms with Crippen LogP contribution in [0.3, 0.4) is 0 Å². The molecule has 18 N–H and O–H groups in total. The third-order valence-electron chi connectivity index (χ3n) is 1.04. The topological polar surface area (TPSA) is 319 Å². The Morgan fingerprint density at radius 1 is 0.739 bits per heavy atom. The molecule has 0 amide bonds. The summed E-state index contributed by atoms with van der Waals surface area (Å²) in [5.41, 5.74) is 0. The number of carbonyl (C=O) groups is 3. The van der Waals surface area contributed by atoms with Gasteiger partial charge in [-0.05, 0) is 20.8 Å². The van der Waals surface area contributed by atoms with E-state index in [9.17, 15) is 24.6 Å². The molecule has 0 bridgehead atoms. The average Bonchev–Trinajstić information content (AvgIpc) is 2.18. The normalized spacial score (nSPS) is 10.7. The largest absolute Gasteiger partial charge is 0.547 e. The van der Waals surface area contributed by atoms with Crippen molar-refractivity contribution in [1.29, 1.82) is 0 Å². The van der Waals surface area contributed by atoms with Gasteiger partial charge in [-0.3, -0.25) is 0 Å². The van der Waals surface area contributed by atoms with Crippen molar-refractivity contribution >= 4 is 17.9 Å². The molecule has 13 nitrogen and oxygen atoms in total. The minimum atomic E-state index is -1.44. The predicted octanol–water partition coefficient (Wildman–Crippen LogP) is -4.01. The van der Waals surface area contributed by atoms with E-state index in [1.54, 1.807) is 0 Å². The number of aliphatic carboxylic acids is 3. The summed E-state index contributed by atoms with van der Waals surface area (Å²) in [4.78, 5) is 28.1. The van der Waals surface area contributed by atoms with Gasteiger partial charge in [-0.25, -0.2) is 4.79 Å². The Morgan fingerprint density at radius 3 is 0.826 bits per heavy atom. The van der Waals surface area contributed by atoms with Gasteiger partial charge >= 0.3 is 5.97 Å². The van der Waals surface area contributed by atoms with Gasteiger partial charge < -0.3 is 64.2 Å². The Kier molecular flexibility index (Phi) is 62.6. The van der Waals surface area contributed by atoms with Crippen molar-refractivity contribution in [2.24, 2.45) is 0 Å². The molecule has 0 rings (SSSR count). The Hall–Kier alpha value is -0.987. The zero-order chi connectivity index (χ0) is 15.5. The molecule has 0 saturated heterocycles. The summed E-state index contributed by atoms with van der Waals surface area (Å²) in [6, 6.07) is 0. The van der Waals surface area contributed by atoms with Crippen LogP contribution in [-0.2, 0) is 40.6 Å². The minimum Gasteiger partial charge on any atom is -0.547 e. The Balaban J connectivity index is -0.0000000221. The predicted molar refractivity (Wildman–Crippen MR) is 74.3 cm³/mol. The van der Waals surface area contributed by atoms with Crippen LogP contribution in [0.25, 0.3) is 0 Å². The van der Waals surface area contributed by atoms with Crippen molar-refractivity contribution in [3.8, 4) is 0 Å². The molecule has 0 aliphatic carbocycles. The van der Waals surface area contributed by atoms with E-state index in [-0.39, 0.29) is 50.1 Å². The number of rotatable bonds is 3. The number of aliphatic hydroxyl groups is 3. The molecule has 0 heterocycles. The van der Waals surface area contributed by atoms with E-state index in [0.717, 1.165) is 13.8 Å². The van der Waals surface area contributed by atoms with E-state index >= 15 is 0 Å². The van der Waals surface area contributed by atoms with Crippen LogP contribution in [0.1, 0.15) is 20.8 Å². The molecular formula is C9H30N3O10Zr+. The van der Waals surface area contributed by atoms with Crippen molar-refractivity contribution in [1.82, 2.24) is 18.5 Å². The standard InChI is InChI=1S/3C3H6O3.3H3N.H2O.Zr/c3*1-2(4)3(5)6;;;;;/h3*2,4H,1H3,(H,5,6);3*1H3;1H2;/p+1. The first-order valence-electron chi connectivity index (χ1n) is 4.62. The number of carbonyl (C=O) groups excluding carboxylic acids is 2. The average molecular weight is 432 g/mol. The summed E-state index contributed by atoms with van der Waals surface area (Å²) < 4.78 is 0. The van der Waals surface area contributed by atoms with Gasteiger partial charge in [-0.2, -0.15) is 0 Å². The van der Waals surface area contributed by atoms with Gasteiger partial charge in [0.05, 0.1) is 24.1 Å². The van der Waals surface area contributed by atoms with Crippen LogP contribution in [0.15, 0.2) is 0 Å². The van der Waals surface area contributed by atoms with Gasteiger partial charge in [0.25, 0.3) is 0 Å². The first kappa shape index (κ1) is 49.5. The number of quaternary nitrogens is 3. The van der Waals surface area contributed by atoms with E-state index in [1.165, 1.54) is 6.92 Å². The van der Waals surface area contributed by atoms with E-state index in [2.05, 4.69) is 0 Å². The third-order valence-corrected chi connectivity index (χ3v) is 1.04. The Labute approximate surface area is 152 Å². The maximum absolute atomic E-state index is 9.45. The number of aliphatic hydroxyl groups excluding tert-OH is 3. The Bertz CT molecular complexity index is 234. The molecular weight excluding hydrogens is 401 g/mol. The van der Waals surface area contributed by atoms with Crippen LogP contribution < -0.4 is 28.7 Å². The third kappa shape index (κ3) is 62.6. The first-order chi connectivity index (χ1) is 7.93. The molecule has 3 atom stereocenters. The summed E-state index contributed by atoms with van der Waals surface area (Å²) in [5.74, 6) is -4.06. The van der Waals surface area contributed by atoms with Crippen LogP contribution in [0, 0.1) is 0 Å². The second-order valence-corrected chi connectivity index (χ2v) is 3.00. The van der Waals surface area contributed by atoms with Gasteiger partial charge in [0.15, 0.2) is 0 Å². The fourth-order valence-electron chi connectivity index (χ4n) is 0. The zero-order valence-corrected chi connectivity index (χ0v) is 16.5. The fourth-order valence-corrected chi connectivity index (χ4v) is 0. The van der Waals surface area contributed by atoms with Gasteiger partial charge in [-0.1, -0.05) is 0 Å². The van der Waals surface area contributed by atoms with Crippen LogP contribution in [0.4, 0.5) is 0 Å². The summed E-state index contributed by atoms with van der Waals surface area (Å²) in [6.45, 7) is 3.47. The zero-order valence-electron chi connectivity index (χ0n) is 14.1. The molecule has 0 radical (unpaired) electrons. The quantitative estimate of drug-likeness (QED) is 0.228. The molecule has 0 aromatic carbocycles. The Morgan fingerprint density at radius 2 is 0.826 bits per heavy atom.